The maximum Gasteiger partial charge on any atom is 0.291 e. The summed E-state index contributed by atoms with van der Waals surface area (Å²) in [6.07, 6.45) is 7.04. The maximum atomic E-state index is 13.3. The number of anilines is 5. The fourth-order valence-electron chi connectivity index (χ4n) is 7.29. The van der Waals surface area contributed by atoms with Crippen LogP contribution in [0.1, 0.15) is 70.5 Å². The van der Waals surface area contributed by atoms with E-state index in [1.807, 2.05) is 23.2 Å². The summed E-state index contributed by atoms with van der Waals surface area (Å²) < 4.78 is 14.8. The van der Waals surface area contributed by atoms with Gasteiger partial charge in [-0.05, 0) is 79.8 Å². The number of imidazole rings is 1. The highest BCUT2D eigenvalue weighted by Crippen LogP contribution is 2.37. The third-order valence-electron chi connectivity index (χ3n) is 10.3. The molecule has 0 bridgehead atoms. The van der Waals surface area contributed by atoms with Crippen LogP contribution in [0.25, 0.3) is 11.1 Å². The molecule has 5 amide bonds. The Balaban J connectivity index is 0.888. The molecule has 5 aromatic rings. The van der Waals surface area contributed by atoms with Crippen molar-refractivity contribution in [3.05, 3.63) is 96.2 Å². The van der Waals surface area contributed by atoms with E-state index in [0.29, 0.717) is 58.5 Å². The van der Waals surface area contributed by atoms with Gasteiger partial charge in [-0.1, -0.05) is 12.1 Å². The number of aryl methyl sites for hydroxylation is 2. The molecule has 306 valence electrons. The molecule has 16 heteroatoms. The Kier molecular flexibility index (Phi) is 12.0. The zero-order valence-electron chi connectivity index (χ0n) is 33.4. The number of hydrogen-bond donors (Lipinski definition) is 5. The normalized spacial score (nSPS) is 14.5. The molecule has 2 aliphatic heterocycles. The van der Waals surface area contributed by atoms with Crippen molar-refractivity contribution in [3.8, 4) is 22.6 Å². The number of carbonyl (C=O) groups is 5. The van der Waals surface area contributed by atoms with E-state index in [4.69, 9.17) is 9.47 Å². The third-order valence-corrected chi connectivity index (χ3v) is 10.3. The first-order valence-corrected chi connectivity index (χ1v) is 19.5. The average Bonchev–Trinajstić information content (AvgIpc) is 3.76. The van der Waals surface area contributed by atoms with E-state index in [9.17, 15) is 24.0 Å². The minimum absolute atomic E-state index is 0.00462. The summed E-state index contributed by atoms with van der Waals surface area (Å²) in [5.74, 6) is 0.0657. The van der Waals surface area contributed by atoms with E-state index >= 15 is 0 Å². The molecule has 5 N–H and O–H groups in total. The number of amides is 5. The van der Waals surface area contributed by atoms with Crippen LogP contribution in [0.2, 0.25) is 0 Å². The van der Waals surface area contributed by atoms with Crippen LogP contribution < -0.4 is 36.1 Å². The van der Waals surface area contributed by atoms with Gasteiger partial charge in [0.2, 0.25) is 17.6 Å². The Hall–Kier alpha value is -7.10. The first-order chi connectivity index (χ1) is 28.4. The van der Waals surface area contributed by atoms with Crippen LogP contribution in [0.3, 0.4) is 0 Å². The molecule has 1 fully saturated rings. The van der Waals surface area contributed by atoms with Gasteiger partial charge in [0.1, 0.15) is 5.69 Å². The van der Waals surface area contributed by atoms with Crippen molar-refractivity contribution in [2.45, 2.75) is 45.1 Å². The van der Waals surface area contributed by atoms with Crippen molar-refractivity contribution in [2.24, 2.45) is 14.1 Å². The molecule has 1 unspecified atom stereocenters. The molecule has 16 nitrogen and oxygen atoms in total. The number of nitrogens with zero attached hydrogens (tertiary/aromatic N) is 4. The molecule has 7 rings (SSSR count). The van der Waals surface area contributed by atoms with Gasteiger partial charge >= 0.3 is 0 Å². The Morgan fingerprint density at radius 3 is 2.22 bits per heavy atom. The van der Waals surface area contributed by atoms with Crippen LogP contribution in [-0.2, 0) is 23.7 Å². The third kappa shape index (κ3) is 9.38. The Labute approximate surface area is 341 Å². The molecule has 0 radical (unpaired) electrons. The summed E-state index contributed by atoms with van der Waals surface area (Å²) in [6, 6.07) is 19.5. The summed E-state index contributed by atoms with van der Waals surface area (Å²) >= 11 is 0. The van der Waals surface area contributed by atoms with E-state index < -0.39 is 5.91 Å². The lowest BCUT2D eigenvalue weighted by atomic mass is 10.0. The first-order valence-electron chi connectivity index (χ1n) is 19.5. The van der Waals surface area contributed by atoms with Gasteiger partial charge < -0.3 is 50.1 Å². The monoisotopic (exact) mass is 801 g/mol. The second kappa shape index (κ2) is 17.6. The smallest absolute Gasteiger partial charge is 0.291 e. The number of piperidine rings is 1. The number of nitrogens with one attached hydrogen (secondary N) is 5. The molecule has 0 spiro atoms. The predicted molar refractivity (Wildman–Crippen MR) is 224 cm³/mol. The highest BCUT2D eigenvalue weighted by molar-refractivity contribution is 6.05. The minimum atomic E-state index is -0.459. The maximum absolute atomic E-state index is 13.3. The molecular weight excluding hydrogens is 755 g/mol. The Bertz CT molecular complexity index is 2380. The number of benzene rings is 3. The summed E-state index contributed by atoms with van der Waals surface area (Å²) in [6.45, 7) is 3.09. The van der Waals surface area contributed by atoms with Crippen LogP contribution in [0, 0.1) is 0 Å². The lowest BCUT2D eigenvalue weighted by Gasteiger charge is -2.34. The first kappa shape index (κ1) is 40.1. The molecule has 1 atom stereocenters. The van der Waals surface area contributed by atoms with Crippen molar-refractivity contribution in [1.29, 1.82) is 0 Å². The summed E-state index contributed by atoms with van der Waals surface area (Å²) in [4.78, 5) is 70.0. The zero-order valence-corrected chi connectivity index (χ0v) is 33.4. The topological polar surface area (TPSA) is 190 Å². The van der Waals surface area contributed by atoms with Crippen molar-refractivity contribution in [3.63, 3.8) is 0 Å². The number of methoxy groups -OCH3 is 1. The summed E-state index contributed by atoms with van der Waals surface area (Å²) in [7, 11) is 4.98. The van der Waals surface area contributed by atoms with Crippen molar-refractivity contribution in [1.82, 2.24) is 19.0 Å². The molecule has 2 aromatic heterocycles. The van der Waals surface area contributed by atoms with Gasteiger partial charge in [-0.25, -0.2) is 4.98 Å². The van der Waals surface area contributed by atoms with E-state index in [2.05, 4.69) is 31.6 Å². The number of aromatic nitrogens is 3. The molecule has 1 saturated heterocycles. The van der Waals surface area contributed by atoms with Crippen molar-refractivity contribution in [2.75, 3.05) is 53.4 Å². The van der Waals surface area contributed by atoms with Gasteiger partial charge in [0.15, 0.2) is 17.3 Å². The largest absolute Gasteiger partial charge is 0.493 e. The molecule has 2 aliphatic rings. The molecule has 0 saturated carbocycles. The fraction of sp³-hybridized carbons (Fsp3) is 0.302. The Morgan fingerprint density at radius 2 is 1.51 bits per heavy atom. The number of fused-ring (bicyclic) bond motifs is 2. The van der Waals surface area contributed by atoms with Crippen LogP contribution >= 0.6 is 0 Å². The number of hydrogen-bond acceptors (Lipinski definition) is 9. The van der Waals surface area contributed by atoms with E-state index in [1.165, 1.54) is 18.6 Å². The van der Waals surface area contributed by atoms with Gasteiger partial charge in [-0.3, -0.25) is 24.0 Å². The predicted octanol–water partition coefficient (Wildman–Crippen LogP) is 6.12. The van der Waals surface area contributed by atoms with Gasteiger partial charge in [0, 0.05) is 87.7 Å². The van der Waals surface area contributed by atoms with Crippen molar-refractivity contribution < 1.29 is 33.4 Å². The number of ether oxygens (including phenoxy) is 2. The standard InChI is InChI=1S/C43H47N9O7/c1-26(53)45-29-14-16-31(17-15-29)46-41(55)35-20-28(24-50(35)2)27-10-12-30(13-11-27)47-42(56)40-49-38(25-51(40)3)48-39(54)9-7-19-59-37-22-34-33(21-36(37)58-4)43(57)52-18-6-5-8-32(52)23-44-34/h10-17,20-22,24-25,32,44H,5-9,18-19,23H2,1-4H3,(H,45,53)(H,46,55)(H,47,56)(H,48,54). The lowest BCUT2D eigenvalue weighted by Crippen LogP contribution is -2.45. The van der Waals surface area contributed by atoms with Crippen LogP contribution in [-0.4, -0.2) is 81.4 Å². The van der Waals surface area contributed by atoms with E-state index in [1.54, 1.807) is 79.5 Å². The van der Waals surface area contributed by atoms with Crippen LogP contribution in [0.5, 0.6) is 11.5 Å². The molecule has 3 aromatic carbocycles. The fourth-order valence-corrected chi connectivity index (χ4v) is 7.29. The average molecular weight is 802 g/mol. The second-order valence-electron chi connectivity index (χ2n) is 14.6. The van der Waals surface area contributed by atoms with Gasteiger partial charge in [0.25, 0.3) is 17.7 Å². The van der Waals surface area contributed by atoms with Crippen LogP contribution in [0.4, 0.5) is 28.6 Å². The molecule has 4 heterocycles. The van der Waals surface area contributed by atoms with E-state index in [0.717, 1.165) is 36.9 Å². The van der Waals surface area contributed by atoms with Gasteiger partial charge in [0.05, 0.1) is 25.0 Å². The number of carbonyl (C=O) groups excluding carboxylic acids is 5. The highest BCUT2D eigenvalue weighted by atomic mass is 16.5. The highest BCUT2D eigenvalue weighted by Gasteiger charge is 2.32. The lowest BCUT2D eigenvalue weighted by molar-refractivity contribution is -0.116. The Morgan fingerprint density at radius 1 is 0.814 bits per heavy atom. The zero-order chi connectivity index (χ0) is 41.6. The molecule has 0 aliphatic carbocycles. The van der Waals surface area contributed by atoms with Crippen molar-refractivity contribution >= 4 is 58.1 Å². The van der Waals surface area contributed by atoms with Gasteiger partial charge in [-0.15, -0.1) is 0 Å². The summed E-state index contributed by atoms with van der Waals surface area (Å²) in [5, 5.41) is 14.6. The minimum Gasteiger partial charge on any atom is -0.493 e. The quantitative estimate of drug-likeness (QED) is 0.0875. The van der Waals surface area contributed by atoms with E-state index in [-0.39, 0.29) is 54.3 Å². The second-order valence-corrected chi connectivity index (χ2v) is 14.6. The number of rotatable bonds is 13. The van der Waals surface area contributed by atoms with Gasteiger partial charge in [-0.2, -0.15) is 0 Å². The SMILES string of the molecule is COc1cc2c(cc1OCCCC(=O)Nc1cn(C)c(C(=O)Nc3ccc(-c4cc(C(=O)Nc5ccc(NC(C)=O)cc5)n(C)c4)cc3)n1)NCC1CCCCN1C2=O. The summed E-state index contributed by atoms with van der Waals surface area (Å²) in [5.41, 5.74) is 5.12. The molecular formula is C43H47N9O7. The van der Waals surface area contributed by atoms with Crippen LogP contribution in [0.15, 0.2) is 79.1 Å². The molecule has 59 heavy (non-hydrogen) atoms.